The van der Waals surface area contributed by atoms with Crippen molar-refractivity contribution >= 4 is 23.2 Å². The monoisotopic (exact) mass is 446 g/mol. The normalized spacial score (nSPS) is 17.2. The molecule has 0 aromatic heterocycles. The number of hydrogen-bond donors (Lipinski definition) is 2. The zero-order chi connectivity index (χ0) is 22.7. The molecule has 1 heterocycles. The maximum Gasteiger partial charge on any atom is 0.416 e. The fourth-order valence-electron chi connectivity index (χ4n) is 3.72. The minimum Gasteiger partial charge on any atom is -0.369 e. The number of para-hydroxylation sites is 1. The van der Waals surface area contributed by atoms with Gasteiger partial charge in [0.1, 0.15) is 0 Å². The van der Waals surface area contributed by atoms with E-state index in [0.717, 1.165) is 25.0 Å². The van der Waals surface area contributed by atoms with Crippen LogP contribution in [0.3, 0.4) is 0 Å². The van der Waals surface area contributed by atoms with Gasteiger partial charge in [-0.25, -0.2) is 0 Å². The summed E-state index contributed by atoms with van der Waals surface area (Å²) in [7, 11) is 0. The summed E-state index contributed by atoms with van der Waals surface area (Å²) in [5.41, 5.74) is 0.765. The minimum absolute atomic E-state index is 0.148. The molecule has 2 aromatic rings. The van der Waals surface area contributed by atoms with E-state index in [1.54, 1.807) is 30.3 Å². The van der Waals surface area contributed by atoms with Gasteiger partial charge >= 0.3 is 6.18 Å². The van der Waals surface area contributed by atoms with Crippen molar-refractivity contribution in [3.63, 3.8) is 0 Å². The molecule has 32 heavy (non-hydrogen) atoms. The molecule has 4 rings (SSSR count). The topological polar surface area (TPSA) is 64.7 Å². The van der Waals surface area contributed by atoms with Crippen molar-refractivity contribution in [3.05, 3.63) is 59.7 Å². The van der Waals surface area contributed by atoms with Crippen LogP contribution in [0.1, 0.15) is 28.8 Å². The van der Waals surface area contributed by atoms with Gasteiger partial charge in [0, 0.05) is 37.9 Å². The molecule has 170 valence electrons. The highest BCUT2D eigenvalue weighted by Crippen LogP contribution is 2.32. The molecule has 0 spiro atoms. The Morgan fingerprint density at radius 1 is 0.969 bits per heavy atom. The van der Waals surface area contributed by atoms with Crippen LogP contribution in [0.4, 0.5) is 24.5 Å². The van der Waals surface area contributed by atoms with Gasteiger partial charge in [0.2, 0.25) is 5.91 Å². The number of benzene rings is 2. The molecule has 0 radical (unpaired) electrons. The van der Waals surface area contributed by atoms with Crippen molar-refractivity contribution in [2.75, 3.05) is 42.9 Å². The first-order valence-electron chi connectivity index (χ1n) is 10.6. The van der Waals surface area contributed by atoms with E-state index in [2.05, 4.69) is 10.6 Å². The number of piperazine rings is 1. The quantitative estimate of drug-likeness (QED) is 0.714. The summed E-state index contributed by atoms with van der Waals surface area (Å²) in [6.07, 6.45) is -2.42. The number of hydrogen-bond acceptors (Lipinski definition) is 4. The van der Waals surface area contributed by atoms with Crippen molar-refractivity contribution in [2.24, 2.45) is 0 Å². The SMILES string of the molecule is O=C(CN1CCN(c2cccc(C(F)(F)F)c2)CC1)Nc1ccccc1C(=O)NC1CC1. The summed E-state index contributed by atoms with van der Waals surface area (Å²) < 4.78 is 38.9. The highest BCUT2D eigenvalue weighted by atomic mass is 19.4. The van der Waals surface area contributed by atoms with Crippen LogP contribution in [-0.4, -0.2) is 55.5 Å². The van der Waals surface area contributed by atoms with Crippen LogP contribution in [-0.2, 0) is 11.0 Å². The fraction of sp³-hybridized carbons (Fsp3) is 0.391. The second-order valence-electron chi connectivity index (χ2n) is 8.15. The molecule has 0 unspecified atom stereocenters. The second-order valence-corrected chi connectivity index (χ2v) is 8.15. The number of halogens is 3. The van der Waals surface area contributed by atoms with Crippen LogP contribution in [0.15, 0.2) is 48.5 Å². The van der Waals surface area contributed by atoms with Gasteiger partial charge in [0.15, 0.2) is 0 Å². The zero-order valence-electron chi connectivity index (χ0n) is 17.5. The number of rotatable bonds is 6. The molecule has 6 nitrogen and oxygen atoms in total. The maximum atomic E-state index is 13.0. The molecule has 2 aliphatic rings. The molecule has 2 N–H and O–H groups in total. The van der Waals surface area contributed by atoms with Crippen LogP contribution in [0.5, 0.6) is 0 Å². The Morgan fingerprint density at radius 2 is 1.69 bits per heavy atom. The number of carbonyl (C=O) groups excluding carboxylic acids is 2. The number of amides is 2. The fourth-order valence-corrected chi connectivity index (χ4v) is 3.72. The molecular weight excluding hydrogens is 421 g/mol. The van der Waals surface area contributed by atoms with E-state index >= 15 is 0 Å². The molecule has 1 aliphatic heterocycles. The lowest BCUT2D eigenvalue weighted by atomic mass is 10.1. The highest BCUT2D eigenvalue weighted by molar-refractivity contribution is 6.04. The Hall–Kier alpha value is -3.07. The van der Waals surface area contributed by atoms with Gasteiger partial charge in [-0.2, -0.15) is 13.2 Å². The molecule has 1 aliphatic carbocycles. The lowest BCUT2D eigenvalue weighted by Crippen LogP contribution is -2.48. The third-order valence-electron chi connectivity index (χ3n) is 5.64. The van der Waals surface area contributed by atoms with E-state index in [1.165, 1.54) is 6.07 Å². The number of nitrogens with one attached hydrogen (secondary N) is 2. The third-order valence-corrected chi connectivity index (χ3v) is 5.64. The van der Waals surface area contributed by atoms with Crippen LogP contribution in [0, 0.1) is 0 Å². The number of nitrogens with zero attached hydrogens (tertiary/aromatic N) is 2. The van der Waals surface area contributed by atoms with Gasteiger partial charge < -0.3 is 15.5 Å². The van der Waals surface area contributed by atoms with Crippen LogP contribution >= 0.6 is 0 Å². The van der Waals surface area contributed by atoms with Crippen molar-refractivity contribution < 1.29 is 22.8 Å². The first-order chi connectivity index (χ1) is 15.3. The van der Waals surface area contributed by atoms with Crippen LogP contribution in [0.2, 0.25) is 0 Å². The minimum atomic E-state index is -4.37. The predicted octanol–water partition coefficient (Wildman–Crippen LogP) is 3.36. The predicted molar refractivity (Wildman–Crippen MR) is 116 cm³/mol. The summed E-state index contributed by atoms with van der Waals surface area (Å²) in [6, 6.07) is 12.4. The lowest BCUT2D eigenvalue weighted by Gasteiger charge is -2.36. The Bertz CT molecular complexity index is 983. The number of anilines is 2. The van der Waals surface area contributed by atoms with E-state index in [0.29, 0.717) is 43.1 Å². The average molecular weight is 446 g/mol. The molecule has 2 fully saturated rings. The van der Waals surface area contributed by atoms with Gasteiger partial charge in [0.25, 0.3) is 5.91 Å². The largest absolute Gasteiger partial charge is 0.416 e. The Labute approximate surface area is 184 Å². The van der Waals surface area contributed by atoms with Crippen molar-refractivity contribution in [1.29, 1.82) is 0 Å². The molecule has 1 saturated heterocycles. The Morgan fingerprint density at radius 3 is 2.38 bits per heavy atom. The van der Waals surface area contributed by atoms with Crippen LogP contribution < -0.4 is 15.5 Å². The van der Waals surface area contributed by atoms with Gasteiger partial charge in [0.05, 0.1) is 23.4 Å². The molecule has 2 amide bonds. The number of alkyl halides is 3. The van der Waals surface area contributed by atoms with Crippen molar-refractivity contribution in [2.45, 2.75) is 25.1 Å². The van der Waals surface area contributed by atoms with E-state index < -0.39 is 11.7 Å². The van der Waals surface area contributed by atoms with Crippen molar-refractivity contribution in [3.8, 4) is 0 Å². The molecule has 2 aromatic carbocycles. The van der Waals surface area contributed by atoms with Crippen molar-refractivity contribution in [1.82, 2.24) is 10.2 Å². The smallest absolute Gasteiger partial charge is 0.369 e. The average Bonchev–Trinajstić information content (AvgIpc) is 3.58. The van der Waals surface area contributed by atoms with Gasteiger partial charge in [-0.1, -0.05) is 18.2 Å². The molecular formula is C23H25F3N4O2. The summed E-state index contributed by atoms with van der Waals surface area (Å²) in [5, 5.41) is 5.74. The third kappa shape index (κ3) is 5.59. The Balaban J connectivity index is 1.30. The second kappa shape index (κ2) is 9.20. The first kappa shape index (κ1) is 22.1. The summed E-state index contributed by atoms with van der Waals surface area (Å²) in [6.45, 7) is 2.29. The van der Waals surface area contributed by atoms with Gasteiger partial charge in [-0.05, 0) is 43.2 Å². The molecule has 0 bridgehead atoms. The van der Waals surface area contributed by atoms with Gasteiger partial charge in [-0.3, -0.25) is 14.5 Å². The first-order valence-corrected chi connectivity index (χ1v) is 10.6. The molecule has 9 heteroatoms. The van der Waals surface area contributed by atoms with Gasteiger partial charge in [-0.15, -0.1) is 0 Å². The molecule has 1 saturated carbocycles. The molecule has 0 atom stereocenters. The summed E-state index contributed by atoms with van der Waals surface area (Å²) >= 11 is 0. The Kier molecular flexibility index (Phi) is 6.36. The van der Waals surface area contributed by atoms with E-state index in [-0.39, 0.29) is 24.4 Å². The van der Waals surface area contributed by atoms with Crippen LogP contribution in [0.25, 0.3) is 0 Å². The lowest BCUT2D eigenvalue weighted by molar-refractivity contribution is -0.137. The van der Waals surface area contributed by atoms with E-state index in [1.807, 2.05) is 9.80 Å². The van der Waals surface area contributed by atoms with E-state index in [4.69, 9.17) is 0 Å². The highest BCUT2D eigenvalue weighted by Gasteiger charge is 2.31. The maximum absolute atomic E-state index is 13.0. The van der Waals surface area contributed by atoms with E-state index in [9.17, 15) is 22.8 Å². The number of carbonyl (C=O) groups is 2. The summed E-state index contributed by atoms with van der Waals surface area (Å²) in [4.78, 5) is 28.8. The standard InChI is InChI=1S/C23H25F3N4O2/c24-23(25,26)16-4-3-5-18(14-16)30-12-10-29(11-13-30)15-21(31)28-20-7-2-1-6-19(20)22(32)27-17-8-9-17/h1-7,14,17H,8-13,15H2,(H,27,32)(H,28,31). The zero-order valence-corrected chi connectivity index (χ0v) is 17.5. The summed E-state index contributed by atoms with van der Waals surface area (Å²) in [5.74, 6) is -0.428.